The molecule has 0 spiro atoms. The molecule has 2 nitrogen and oxygen atoms in total. The fraction of sp³-hybridized carbons (Fsp3) is 0.100. The average molecular weight is 215 g/mol. The van der Waals surface area contributed by atoms with E-state index in [2.05, 4.69) is 0 Å². The van der Waals surface area contributed by atoms with E-state index in [1.165, 1.54) is 18.2 Å². The number of hydrogen-bond acceptors (Lipinski definition) is 1. The molecule has 0 amide bonds. The van der Waals surface area contributed by atoms with Crippen LogP contribution in [0.1, 0.15) is 11.1 Å². The molecule has 0 radical (unpaired) electrons. The zero-order valence-corrected chi connectivity index (χ0v) is 8.18. The van der Waals surface area contributed by atoms with Crippen molar-refractivity contribution in [3.8, 4) is 0 Å². The predicted molar refractivity (Wildman–Crippen MR) is 52.8 cm³/mol. The Balaban J connectivity index is 3.10. The molecule has 14 heavy (non-hydrogen) atoms. The quantitative estimate of drug-likeness (QED) is 0.769. The molecule has 0 aliphatic carbocycles. The van der Waals surface area contributed by atoms with Crippen LogP contribution in [0.2, 0.25) is 5.02 Å². The summed E-state index contributed by atoms with van der Waals surface area (Å²) in [5, 5.41) is 8.68. The van der Waals surface area contributed by atoms with E-state index in [-0.39, 0.29) is 5.56 Å². The van der Waals surface area contributed by atoms with Gasteiger partial charge in [0.2, 0.25) is 0 Å². The third kappa shape index (κ3) is 2.57. The fourth-order valence-corrected chi connectivity index (χ4v) is 1.12. The van der Waals surface area contributed by atoms with Crippen molar-refractivity contribution in [1.29, 1.82) is 0 Å². The van der Waals surface area contributed by atoms with Crippen molar-refractivity contribution in [2.24, 2.45) is 0 Å². The third-order valence-electron chi connectivity index (χ3n) is 1.68. The number of carbonyl (C=O) groups is 1. The van der Waals surface area contributed by atoms with Crippen LogP contribution in [0, 0.1) is 12.7 Å². The van der Waals surface area contributed by atoms with E-state index < -0.39 is 11.8 Å². The summed E-state index contributed by atoms with van der Waals surface area (Å²) >= 11 is 5.67. The summed E-state index contributed by atoms with van der Waals surface area (Å²) in [6.45, 7) is 1.72. The van der Waals surface area contributed by atoms with Gasteiger partial charge in [0, 0.05) is 16.7 Å². The van der Waals surface area contributed by atoms with Gasteiger partial charge in [-0.3, -0.25) is 0 Å². The number of aliphatic carboxylic acids is 1. The minimum atomic E-state index is -1.11. The molecule has 0 atom stereocenters. The summed E-state index contributed by atoms with van der Waals surface area (Å²) in [5.74, 6) is -1.64. The lowest BCUT2D eigenvalue weighted by Crippen LogP contribution is -1.89. The van der Waals surface area contributed by atoms with Crippen LogP contribution in [-0.4, -0.2) is 11.1 Å². The van der Waals surface area contributed by atoms with Crippen molar-refractivity contribution >= 4 is 23.6 Å². The Kier molecular flexibility index (Phi) is 3.25. The highest BCUT2D eigenvalue weighted by Gasteiger charge is 2.03. The molecule has 1 rings (SSSR count). The lowest BCUT2D eigenvalue weighted by Gasteiger charge is -2.01. The smallest absolute Gasteiger partial charge is 0.328 e. The summed E-state index contributed by atoms with van der Waals surface area (Å²) in [6.07, 6.45) is 2.08. The molecular formula is C10H8ClFO2. The normalized spacial score (nSPS) is 10.8. The van der Waals surface area contributed by atoms with Gasteiger partial charge in [0.15, 0.2) is 0 Å². The fourth-order valence-electron chi connectivity index (χ4n) is 0.968. The molecule has 1 aromatic rings. The Morgan fingerprint density at radius 3 is 2.79 bits per heavy atom. The monoisotopic (exact) mass is 214 g/mol. The Hall–Kier alpha value is -1.35. The van der Waals surface area contributed by atoms with Crippen molar-refractivity contribution < 1.29 is 14.3 Å². The van der Waals surface area contributed by atoms with Crippen LogP contribution in [0.25, 0.3) is 6.08 Å². The highest BCUT2D eigenvalue weighted by molar-refractivity contribution is 6.31. The van der Waals surface area contributed by atoms with Crippen molar-refractivity contribution in [3.63, 3.8) is 0 Å². The largest absolute Gasteiger partial charge is 0.478 e. The van der Waals surface area contributed by atoms with Gasteiger partial charge < -0.3 is 5.11 Å². The molecule has 0 unspecified atom stereocenters. The Labute approximate surface area is 85.6 Å². The van der Waals surface area contributed by atoms with Crippen LogP contribution in [0.4, 0.5) is 4.39 Å². The van der Waals surface area contributed by atoms with Crippen LogP contribution < -0.4 is 0 Å². The van der Waals surface area contributed by atoms with E-state index in [1.54, 1.807) is 6.92 Å². The van der Waals surface area contributed by atoms with E-state index >= 15 is 0 Å². The number of carboxylic acids is 1. The molecule has 0 aromatic heterocycles. The lowest BCUT2D eigenvalue weighted by molar-refractivity contribution is -0.131. The number of halogens is 2. The van der Waals surface area contributed by atoms with Crippen LogP contribution >= 0.6 is 11.6 Å². The highest BCUT2D eigenvalue weighted by Crippen LogP contribution is 2.20. The second kappa shape index (κ2) is 4.24. The van der Waals surface area contributed by atoms with Gasteiger partial charge in [0.05, 0.1) is 0 Å². The van der Waals surface area contributed by atoms with Gasteiger partial charge in [-0.25, -0.2) is 9.18 Å². The molecule has 1 N–H and O–H groups in total. The van der Waals surface area contributed by atoms with Gasteiger partial charge in [-0.1, -0.05) is 11.6 Å². The van der Waals surface area contributed by atoms with Crippen molar-refractivity contribution in [2.75, 3.05) is 0 Å². The molecule has 74 valence electrons. The maximum absolute atomic E-state index is 13.2. The first kappa shape index (κ1) is 10.7. The molecule has 4 heteroatoms. The summed E-state index contributed by atoms with van der Waals surface area (Å²) in [6, 6.07) is 2.66. The van der Waals surface area contributed by atoms with E-state index in [4.69, 9.17) is 16.7 Å². The summed E-state index contributed by atoms with van der Waals surface area (Å²) in [7, 11) is 0. The summed E-state index contributed by atoms with van der Waals surface area (Å²) in [4.78, 5) is 10.2. The summed E-state index contributed by atoms with van der Waals surface area (Å²) in [5.41, 5.74) is 0.924. The van der Waals surface area contributed by atoms with E-state index in [9.17, 15) is 9.18 Å². The van der Waals surface area contributed by atoms with Crippen LogP contribution in [0.5, 0.6) is 0 Å². The lowest BCUT2D eigenvalue weighted by atomic mass is 10.1. The molecule has 1 aromatic carbocycles. The van der Waals surface area contributed by atoms with E-state index in [0.717, 1.165) is 6.08 Å². The first-order valence-electron chi connectivity index (χ1n) is 3.87. The van der Waals surface area contributed by atoms with Gasteiger partial charge in [-0.2, -0.15) is 0 Å². The highest BCUT2D eigenvalue weighted by atomic mass is 35.5. The second-order valence-corrected chi connectivity index (χ2v) is 3.20. The van der Waals surface area contributed by atoms with Gasteiger partial charge in [0.25, 0.3) is 0 Å². The molecule has 0 aliphatic heterocycles. The van der Waals surface area contributed by atoms with E-state index in [0.29, 0.717) is 10.6 Å². The van der Waals surface area contributed by atoms with Crippen LogP contribution in [-0.2, 0) is 4.79 Å². The van der Waals surface area contributed by atoms with Crippen molar-refractivity contribution in [2.45, 2.75) is 6.92 Å². The van der Waals surface area contributed by atoms with Crippen LogP contribution in [0.15, 0.2) is 18.2 Å². The summed E-state index contributed by atoms with van der Waals surface area (Å²) < 4.78 is 13.2. The number of benzene rings is 1. The molecule has 0 saturated carbocycles. The third-order valence-corrected chi connectivity index (χ3v) is 2.09. The number of carboxylic acid groups (broad SMARTS) is 1. The number of hydrogen-bond donors (Lipinski definition) is 1. The first-order valence-corrected chi connectivity index (χ1v) is 4.25. The van der Waals surface area contributed by atoms with Crippen molar-refractivity contribution in [1.82, 2.24) is 0 Å². The zero-order valence-electron chi connectivity index (χ0n) is 7.42. The Morgan fingerprint density at radius 2 is 2.21 bits per heavy atom. The average Bonchev–Trinajstić information content (AvgIpc) is 2.09. The van der Waals surface area contributed by atoms with Gasteiger partial charge >= 0.3 is 5.97 Å². The standard InChI is InChI=1S/C10H8ClFO2/c1-6-4-7(2-3-10(13)14)9(12)5-8(6)11/h2-5H,1H3,(H,13,14). The molecule has 0 heterocycles. The first-order chi connectivity index (χ1) is 6.50. The molecular weight excluding hydrogens is 207 g/mol. The Bertz CT molecular complexity index is 399. The van der Waals surface area contributed by atoms with Gasteiger partial charge in [-0.05, 0) is 30.7 Å². The van der Waals surface area contributed by atoms with Gasteiger partial charge in [-0.15, -0.1) is 0 Å². The van der Waals surface area contributed by atoms with E-state index in [1.807, 2.05) is 0 Å². The van der Waals surface area contributed by atoms with Crippen LogP contribution in [0.3, 0.4) is 0 Å². The Morgan fingerprint density at radius 1 is 1.57 bits per heavy atom. The molecule has 0 aliphatic rings. The second-order valence-electron chi connectivity index (χ2n) is 2.79. The van der Waals surface area contributed by atoms with Crippen molar-refractivity contribution in [3.05, 3.63) is 40.2 Å². The SMILES string of the molecule is Cc1cc(C=CC(=O)O)c(F)cc1Cl. The molecule has 0 bridgehead atoms. The zero-order chi connectivity index (χ0) is 10.7. The van der Waals surface area contributed by atoms with Gasteiger partial charge in [0.1, 0.15) is 5.82 Å². The molecule has 0 fully saturated rings. The predicted octanol–water partition coefficient (Wildman–Crippen LogP) is 2.89. The maximum atomic E-state index is 13.2. The molecule has 0 saturated heterocycles. The maximum Gasteiger partial charge on any atom is 0.328 e. The number of rotatable bonds is 2. The minimum Gasteiger partial charge on any atom is -0.478 e. The minimum absolute atomic E-state index is 0.217. The number of aryl methyl sites for hydroxylation is 1. The topological polar surface area (TPSA) is 37.3 Å².